The second kappa shape index (κ2) is 5.34. The van der Waals surface area contributed by atoms with Crippen LogP contribution in [0.1, 0.15) is 22.3 Å². The summed E-state index contributed by atoms with van der Waals surface area (Å²) in [6.07, 6.45) is -0.177. The first kappa shape index (κ1) is 15.3. The monoisotopic (exact) mass is 337 g/mol. The number of methoxy groups -OCH3 is 1. The van der Waals surface area contributed by atoms with Crippen LogP contribution in [0.5, 0.6) is 0 Å². The summed E-state index contributed by atoms with van der Waals surface area (Å²) in [5, 5.41) is 1.17. The average Bonchev–Trinajstić information content (AvgIpc) is 2.91. The predicted molar refractivity (Wildman–Crippen MR) is 75.9 cm³/mol. The van der Waals surface area contributed by atoms with Gasteiger partial charge in [0.05, 0.1) is 12.7 Å². The topological polar surface area (TPSA) is 80.8 Å². The third kappa shape index (κ3) is 2.68. The van der Waals surface area contributed by atoms with Crippen molar-refractivity contribution in [3.8, 4) is 0 Å². The summed E-state index contributed by atoms with van der Waals surface area (Å²) in [6.45, 7) is 1.68. The molecule has 1 amide bonds. The van der Waals surface area contributed by atoms with Gasteiger partial charge in [0.1, 0.15) is 10.3 Å². The Morgan fingerprint density at radius 2 is 2.20 bits per heavy atom. The number of amides is 1. The molecule has 110 valence electrons. The minimum atomic E-state index is -3.81. The lowest BCUT2D eigenvalue weighted by Crippen LogP contribution is -2.27. The molecule has 1 unspecified atom stereocenters. The van der Waals surface area contributed by atoms with Crippen molar-refractivity contribution in [1.29, 1.82) is 0 Å². The van der Waals surface area contributed by atoms with Gasteiger partial charge in [-0.3, -0.25) is 4.79 Å². The van der Waals surface area contributed by atoms with Crippen molar-refractivity contribution >= 4 is 47.9 Å². The van der Waals surface area contributed by atoms with E-state index in [9.17, 15) is 18.0 Å². The van der Waals surface area contributed by atoms with E-state index in [0.717, 1.165) is 0 Å². The fourth-order valence-corrected chi connectivity index (χ4v) is 4.14. The molecule has 1 aliphatic rings. The summed E-state index contributed by atoms with van der Waals surface area (Å²) in [5.74, 6) is -0.921. The number of esters is 1. The molecular formula is C11H12ClNO5S2. The van der Waals surface area contributed by atoms with Crippen LogP contribution in [-0.4, -0.2) is 39.2 Å². The molecule has 6 nitrogen and oxygen atoms in total. The average molecular weight is 338 g/mol. The predicted octanol–water partition coefficient (Wildman–Crippen LogP) is 1.52. The van der Waals surface area contributed by atoms with Crippen molar-refractivity contribution in [3.63, 3.8) is 0 Å². The van der Waals surface area contributed by atoms with Gasteiger partial charge in [-0.2, -0.15) is 0 Å². The maximum Gasteiger partial charge on any atom is 0.341 e. The van der Waals surface area contributed by atoms with Crippen LogP contribution < -0.4 is 4.90 Å². The number of thiophene rings is 1. The molecule has 1 aromatic heterocycles. The summed E-state index contributed by atoms with van der Waals surface area (Å²) in [4.78, 5) is 25.0. The second-order valence-corrected chi connectivity index (χ2v) is 8.16. The van der Waals surface area contributed by atoms with Crippen molar-refractivity contribution in [1.82, 2.24) is 0 Å². The maximum absolute atomic E-state index is 12.0. The highest BCUT2D eigenvalue weighted by Crippen LogP contribution is 2.36. The molecule has 2 rings (SSSR count). The third-order valence-corrected chi connectivity index (χ3v) is 6.07. The minimum Gasteiger partial charge on any atom is -0.465 e. The molecule has 2 heterocycles. The maximum atomic E-state index is 12.0. The van der Waals surface area contributed by atoms with Crippen LogP contribution >= 0.6 is 22.0 Å². The Bertz CT molecular complexity index is 666. The number of rotatable bonds is 3. The summed E-state index contributed by atoms with van der Waals surface area (Å²) in [7, 11) is 2.74. The third-order valence-electron chi connectivity index (χ3n) is 3.08. The molecule has 20 heavy (non-hydrogen) atoms. The summed E-state index contributed by atoms with van der Waals surface area (Å²) >= 11 is 1.20. The molecule has 0 spiro atoms. The van der Waals surface area contributed by atoms with Gasteiger partial charge in [-0.15, -0.1) is 11.3 Å². The highest BCUT2D eigenvalue weighted by Gasteiger charge is 2.40. The van der Waals surface area contributed by atoms with Crippen LogP contribution in [0.15, 0.2) is 5.38 Å². The smallest absolute Gasteiger partial charge is 0.341 e. The Kier molecular flexibility index (Phi) is 4.08. The molecule has 0 saturated carbocycles. The number of anilines is 1. The Hall–Kier alpha value is -1.12. The van der Waals surface area contributed by atoms with Gasteiger partial charge in [0.2, 0.25) is 15.0 Å². The van der Waals surface area contributed by atoms with Gasteiger partial charge < -0.3 is 9.64 Å². The van der Waals surface area contributed by atoms with E-state index in [4.69, 9.17) is 15.4 Å². The van der Waals surface area contributed by atoms with Crippen LogP contribution in [-0.2, 0) is 18.6 Å². The quantitative estimate of drug-likeness (QED) is 0.617. The van der Waals surface area contributed by atoms with Gasteiger partial charge in [0, 0.05) is 23.6 Å². The van der Waals surface area contributed by atoms with E-state index in [0.29, 0.717) is 16.1 Å². The molecule has 1 aliphatic heterocycles. The lowest BCUT2D eigenvalue weighted by molar-refractivity contribution is -0.117. The molecular weight excluding hydrogens is 326 g/mol. The highest BCUT2D eigenvalue weighted by molar-refractivity contribution is 8.14. The Morgan fingerprint density at radius 3 is 2.70 bits per heavy atom. The number of halogens is 1. The number of ether oxygens (including phenoxy) is 1. The van der Waals surface area contributed by atoms with E-state index >= 15 is 0 Å². The lowest BCUT2D eigenvalue weighted by Gasteiger charge is -2.15. The van der Waals surface area contributed by atoms with Gasteiger partial charge in [0.15, 0.2) is 0 Å². The van der Waals surface area contributed by atoms with Crippen LogP contribution in [0.2, 0.25) is 0 Å². The zero-order chi connectivity index (χ0) is 15.1. The van der Waals surface area contributed by atoms with Gasteiger partial charge in [-0.05, 0) is 17.9 Å². The number of hydrogen-bond acceptors (Lipinski definition) is 6. The molecule has 9 heteroatoms. The molecule has 0 bridgehead atoms. The number of hydrogen-bond donors (Lipinski definition) is 0. The van der Waals surface area contributed by atoms with Crippen LogP contribution in [0.4, 0.5) is 5.00 Å². The molecule has 1 fully saturated rings. The largest absolute Gasteiger partial charge is 0.465 e. The van der Waals surface area contributed by atoms with E-state index in [2.05, 4.69) is 0 Å². The first-order chi connectivity index (χ1) is 9.25. The van der Waals surface area contributed by atoms with Crippen molar-refractivity contribution in [3.05, 3.63) is 16.5 Å². The zero-order valence-corrected chi connectivity index (χ0v) is 13.1. The van der Waals surface area contributed by atoms with E-state index in [-0.39, 0.29) is 18.9 Å². The standard InChI is InChI=1S/C11H12ClNO5S2/c1-6-5-19-10(9(6)11(15)18-2)13-4-7(3-8(13)14)20(12,16)17/h5,7H,3-4H2,1-2H3. The Labute approximate surface area is 124 Å². The van der Waals surface area contributed by atoms with Gasteiger partial charge in [0.25, 0.3) is 0 Å². The summed E-state index contributed by atoms with van der Waals surface area (Å²) in [6, 6.07) is 0. The Morgan fingerprint density at radius 1 is 1.55 bits per heavy atom. The summed E-state index contributed by atoms with van der Waals surface area (Å²) in [5.41, 5.74) is 0.973. The van der Waals surface area contributed by atoms with Crippen LogP contribution in [0.25, 0.3) is 0 Å². The fourth-order valence-electron chi connectivity index (χ4n) is 2.04. The molecule has 1 saturated heterocycles. The van der Waals surface area contributed by atoms with Crippen LogP contribution in [0.3, 0.4) is 0 Å². The van der Waals surface area contributed by atoms with Gasteiger partial charge >= 0.3 is 5.97 Å². The lowest BCUT2D eigenvalue weighted by atomic mass is 10.2. The van der Waals surface area contributed by atoms with Crippen molar-refractivity contribution in [2.75, 3.05) is 18.6 Å². The molecule has 1 aromatic rings. The first-order valence-corrected chi connectivity index (χ1v) is 8.91. The number of carbonyl (C=O) groups is 2. The first-order valence-electron chi connectivity index (χ1n) is 5.66. The van der Waals surface area contributed by atoms with E-state index in [1.807, 2.05) is 0 Å². The van der Waals surface area contributed by atoms with Gasteiger partial charge in [-0.25, -0.2) is 13.2 Å². The van der Waals surface area contributed by atoms with E-state index < -0.39 is 20.3 Å². The molecule has 0 aromatic carbocycles. The molecule has 0 N–H and O–H groups in total. The van der Waals surface area contributed by atoms with Crippen molar-refractivity contribution in [2.45, 2.75) is 18.6 Å². The zero-order valence-electron chi connectivity index (χ0n) is 10.8. The normalized spacial score (nSPS) is 19.4. The summed E-state index contributed by atoms with van der Waals surface area (Å²) < 4.78 is 27.4. The van der Waals surface area contributed by atoms with E-state index in [1.165, 1.54) is 23.3 Å². The van der Waals surface area contributed by atoms with Gasteiger partial charge in [-0.1, -0.05) is 0 Å². The van der Waals surface area contributed by atoms with E-state index in [1.54, 1.807) is 12.3 Å². The van der Waals surface area contributed by atoms with Crippen LogP contribution in [0, 0.1) is 6.92 Å². The fraction of sp³-hybridized carbons (Fsp3) is 0.455. The molecule has 0 radical (unpaired) electrons. The molecule has 1 atom stereocenters. The minimum absolute atomic E-state index is 0.0470. The number of aryl methyl sites for hydroxylation is 1. The number of carbonyl (C=O) groups excluding carboxylic acids is 2. The SMILES string of the molecule is COC(=O)c1c(C)csc1N1CC(S(=O)(=O)Cl)CC1=O. The molecule has 0 aliphatic carbocycles. The van der Waals surface area contributed by atoms with Crippen molar-refractivity contribution in [2.24, 2.45) is 0 Å². The Balaban J connectivity index is 2.39. The number of nitrogens with zero attached hydrogens (tertiary/aromatic N) is 1. The second-order valence-electron chi connectivity index (χ2n) is 4.40. The van der Waals surface area contributed by atoms with Crippen molar-refractivity contribution < 1.29 is 22.7 Å². The highest BCUT2D eigenvalue weighted by atomic mass is 35.7.